The molecule has 0 atom stereocenters. The van der Waals surface area contributed by atoms with E-state index < -0.39 is 11.7 Å². The Hall–Kier alpha value is -3.06. The lowest BCUT2D eigenvalue weighted by Gasteiger charge is -2.21. The van der Waals surface area contributed by atoms with Crippen LogP contribution in [0, 0.1) is 0 Å². The molecular formula is C25H21F3N2OS. The third kappa shape index (κ3) is 4.30. The normalized spacial score (nSPS) is 16.2. The zero-order chi connectivity index (χ0) is 22.9. The zero-order valence-electron chi connectivity index (χ0n) is 17.4. The molecule has 1 aliphatic carbocycles. The lowest BCUT2D eigenvalue weighted by molar-refractivity contribution is -0.137. The highest BCUT2D eigenvalue weighted by molar-refractivity contribution is 8.03. The second kappa shape index (κ2) is 8.82. The molecule has 0 fully saturated rings. The third-order valence-corrected chi connectivity index (χ3v) is 6.24. The molecule has 1 aromatic heterocycles. The number of pyridine rings is 1. The Morgan fingerprint density at radius 1 is 1.22 bits per heavy atom. The minimum absolute atomic E-state index is 0.214. The molecule has 164 valence electrons. The molecule has 0 bridgehead atoms. The van der Waals surface area contributed by atoms with Crippen molar-refractivity contribution in [2.45, 2.75) is 19.5 Å². The van der Waals surface area contributed by atoms with Gasteiger partial charge in [0.2, 0.25) is 0 Å². The number of benzene rings is 1. The summed E-state index contributed by atoms with van der Waals surface area (Å²) in [7, 11) is 0. The highest BCUT2D eigenvalue weighted by Gasteiger charge is 2.36. The maximum Gasteiger partial charge on any atom is 0.417 e. The van der Waals surface area contributed by atoms with Gasteiger partial charge in [0.15, 0.2) is 0 Å². The van der Waals surface area contributed by atoms with Crippen LogP contribution < -0.4 is 4.90 Å². The maximum atomic E-state index is 13.6. The molecule has 0 saturated heterocycles. The third-order valence-electron chi connectivity index (χ3n) is 5.32. The Labute approximate surface area is 189 Å². The van der Waals surface area contributed by atoms with Gasteiger partial charge in [0, 0.05) is 24.1 Å². The van der Waals surface area contributed by atoms with Crippen LogP contribution in [0.5, 0.6) is 0 Å². The smallest absolute Gasteiger partial charge is 0.306 e. The molecule has 0 spiro atoms. The van der Waals surface area contributed by atoms with Gasteiger partial charge in [0.25, 0.3) is 5.91 Å². The highest BCUT2D eigenvalue weighted by Crippen LogP contribution is 2.38. The van der Waals surface area contributed by atoms with Crippen LogP contribution in [0.3, 0.4) is 0 Å². The van der Waals surface area contributed by atoms with Crippen LogP contribution in [-0.2, 0) is 17.4 Å². The molecule has 7 heteroatoms. The van der Waals surface area contributed by atoms with Crippen molar-refractivity contribution in [3.05, 3.63) is 100 Å². The summed E-state index contributed by atoms with van der Waals surface area (Å²) >= 11 is 1.51. The average Bonchev–Trinajstić information content (AvgIpc) is 3.12. The first-order chi connectivity index (χ1) is 15.3. The quantitative estimate of drug-likeness (QED) is 0.551. The van der Waals surface area contributed by atoms with Gasteiger partial charge < -0.3 is 4.90 Å². The number of carbonyl (C=O) groups excluding carboxylic acids is 1. The van der Waals surface area contributed by atoms with E-state index in [2.05, 4.69) is 11.6 Å². The molecule has 32 heavy (non-hydrogen) atoms. The summed E-state index contributed by atoms with van der Waals surface area (Å²) in [5.41, 5.74) is 2.72. The predicted molar refractivity (Wildman–Crippen MR) is 123 cm³/mol. The fourth-order valence-electron chi connectivity index (χ4n) is 3.76. The highest BCUT2D eigenvalue weighted by atomic mass is 32.2. The standard InChI is InChI=1S/C25H21F3N2OS/c1-3-32-22-13-18(17-7-5-4-6-8-17)10-9-16(2)23(22)24(31)30-12-11-20-21(30)14-19(15-29-20)25(26,27)28/h4-10,13-15H,2-3,11-12H2,1H3. The molecule has 2 aliphatic rings. The number of halogens is 3. The van der Waals surface area contributed by atoms with Crippen molar-refractivity contribution in [2.75, 3.05) is 17.2 Å². The molecule has 0 unspecified atom stereocenters. The van der Waals surface area contributed by atoms with Crippen LogP contribution in [0.25, 0.3) is 5.57 Å². The molecule has 0 radical (unpaired) electrons. The number of rotatable bonds is 4. The number of hydrogen-bond acceptors (Lipinski definition) is 3. The number of thioether (sulfide) groups is 1. The topological polar surface area (TPSA) is 33.2 Å². The van der Waals surface area contributed by atoms with Crippen molar-refractivity contribution in [1.82, 2.24) is 4.98 Å². The number of aromatic nitrogens is 1. The largest absolute Gasteiger partial charge is 0.417 e. The molecule has 1 amide bonds. The van der Waals surface area contributed by atoms with Gasteiger partial charge in [0.05, 0.1) is 22.5 Å². The number of amides is 1. The number of alkyl halides is 3. The molecule has 2 aromatic rings. The maximum absolute atomic E-state index is 13.6. The van der Waals surface area contributed by atoms with E-state index in [0.29, 0.717) is 23.3 Å². The summed E-state index contributed by atoms with van der Waals surface area (Å²) in [4.78, 5) is 19.7. The van der Waals surface area contributed by atoms with Gasteiger partial charge in [-0.05, 0) is 34.6 Å². The molecule has 1 aromatic carbocycles. The molecule has 0 N–H and O–H groups in total. The van der Waals surface area contributed by atoms with E-state index in [0.717, 1.165) is 34.1 Å². The van der Waals surface area contributed by atoms with Crippen molar-refractivity contribution < 1.29 is 18.0 Å². The van der Waals surface area contributed by atoms with Crippen LogP contribution in [-0.4, -0.2) is 23.2 Å². The Morgan fingerprint density at radius 2 is 1.97 bits per heavy atom. The first kappa shape index (κ1) is 22.1. The summed E-state index contributed by atoms with van der Waals surface area (Å²) in [5, 5.41) is 0. The fourth-order valence-corrected chi connectivity index (χ4v) is 4.65. The molecule has 0 saturated carbocycles. The van der Waals surface area contributed by atoms with Gasteiger partial charge >= 0.3 is 6.18 Å². The number of anilines is 1. The van der Waals surface area contributed by atoms with Gasteiger partial charge in [0.1, 0.15) is 0 Å². The minimum atomic E-state index is -4.52. The SMILES string of the molecule is C=C1C=CC(c2ccccc2)=CC(SCC)=C1C(=O)N1CCc2ncc(C(F)(F)F)cc21. The Morgan fingerprint density at radius 3 is 2.66 bits per heavy atom. The Balaban J connectivity index is 1.78. The zero-order valence-corrected chi connectivity index (χ0v) is 18.3. The number of nitrogens with zero attached hydrogens (tertiary/aromatic N) is 2. The lowest BCUT2D eigenvalue weighted by Crippen LogP contribution is -2.31. The summed E-state index contributed by atoms with van der Waals surface area (Å²) in [5.74, 6) is 0.370. The van der Waals surface area contributed by atoms with Crippen molar-refractivity contribution in [3.8, 4) is 0 Å². The van der Waals surface area contributed by atoms with E-state index >= 15 is 0 Å². The van der Waals surface area contributed by atoms with Crippen LogP contribution in [0.2, 0.25) is 0 Å². The van der Waals surface area contributed by atoms with Crippen molar-refractivity contribution in [3.63, 3.8) is 0 Å². The van der Waals surface area contributed by atoms with E-state index in [1.807, 2.05) is 49.4 Å². The van der Waals surface area contributed by atoms with Crippen LogP contribution in [0.1, 0.15) is 23.7 Å². The summed E-state index contributed by atoms with van der Waals surface area (Å²) in [6.07, 6.45) is 2.37. The second-order valence-electron chi connectivity index (χ2n) is 7.39. The van der Waals surface area contributed by atoms with E-state index in [1.165, 1.54) is 16.7 Å². The second-order valence-corrected chi connectivity index (χ2v) is 8.70. The summed E-state index contributed by atoms with van der Waals surface area (Å²) < 4.78 is 39.7. The van der Waals surface area contributed by atoms with Gasteiger partial charge in [-0.3, -0.25) is 9.78 Å². The first-order valence-electron chi connectivity index (χ1n) is 10.2. The molecule has 2 heterocycles. The van der Waals surface area contributed by atoms with Gasteiger partial charge in [-0.2, -0.15) is 13.2 Å². The summed E-state index contributed by atoms with van der Waals surface area (Å²) in [6.45, 7) is 6.35. The molecular weight excluding hydrogens is 433 g/mol. The van der Waals surface area contributed by atoms with E-state index in [1.54, 1.807) is 6.08 Å². The van der Waals surface area contributed by atoms with E-state index in [9.17, 15) is 18.0 Å². The molecule has 1 aliphatic heterocycles. The van der Waals surface area contributed by atoms with Gasteiger partial charge in [-0.15, -0.1) is 11.8 Å². The minimum Gasteiger partial charge on any atom is -0.306 e. The van der Waals surface area contributed by atoms with Gasteiger partial charge in [-0.25, -0.2) is 0 Å². The van der Waals surface area contributed by atoms with Gasteiger partial charge in [-0.1, -0.05) is 56.0 Å². The van der Waals surface area contributed by atoms with Crippen LogP contribution in [0.15, 0.2) is 83.5 Å². The van der Waals surface area contributed by atoms with Crippen molar-refractivity contribution >= 4 is 28.9 Å². The number of carbonyl (C=O) groups is 1. The average molecular weight is 455 g/mol. The summed E-state index contributed by atoms with van der Waals surface area (Å²) in [6, 6.07) is 10.8. The molecule has 3 nitrogen and oxygen atoms in total. The van der Waals surface area contributed by atoms with Crippen molar-refractivity contribution in [1.29, 1.82) is 0 Å². The number of fused-ring (bicyclic) bond motifs is 1. The lowest BCUT2D eigenvalue weighted by atomic mass is 10.1. The monoisotopic (exact) mass is 454 g/mol. The Kier molecular flexibility index (Phi) is 6.11. The predicted octanol–water partition coefficient (Wildman–Crippen LogP) is 6.21. The van der Waals surface area contributed by atoms with E-state index in [4.69, 9.17) is 0 Å². The number of allylic oxidation sites excluding steroid dienone is 4. The molecule has 4 rings (SSSR count). The van der Waals surface area contributed by atoms with Crippen molar-refractivity contribution in [2.24, 2.45) is 0 Å². The van der Waals surface area contributed by atoms with E-state index in [-0.39, 0.29) is 18.1 Å². The number of hydrogen-bond donors (Lipinski definition) is 0. The fraction of sp³-hybridized carbons (Fsp3) is 0.200. The Bertz CT molecular complexity index is 1160. The first-order valence-corrected chi connectivity index (χ1v) is 11.2. The van der Waals surface area contributed by atoms with Crippen LogP contribution in [0.4, 0.5) is 18.9 Å². The van der Waals surface area contributed by atoms with Crippen LogP contribution >= 0.6 is 11.8 Å².